The summed E-state index contributed by atoms with van der Waals surface area (Å²) in [6.45, 7) is 3.65. The molecule has 1 saturated heterocycles. The lowest BCUT2D eigenvalue weighted by molar-refractivity contribution is -0.124. The summed E-state index contributed by atoms with van der Waals surface area (Å²) in [7, 11) is -3.61. The predicted octanol–water partition coefficient (Wildman–Crippen LogP) is 1.56. The quantitative estimate of drug-likeness (QED) is 0.462. The molecule has 0 radical (unpaired) electrons. The van der Waals surface area contributed by atoms with Crippen molar-refractivity contribution in [2.45, 2.75) is 37.5 Å². The first-order chi connectivity index (χ1) is 13.4. The van der Waals surface area contributed by atoms with E-state index in [1.54, 1.807) is 0 Å². The second-order valence-corrected chi connectivity index (χ2v) is 8.47. The van der Waals surface area contributed by atoms with Crippen LogP contribution in [0.3, 0.4) is 0 Å². The Morgan fingerprint density at radius 1 is 1.11 bits per heavy atom. The van der Waals surface area contributed by atoms with Gasteiger partial charge in [0.2, 0.25) is 10.0 Å². The molecule has 1 amide bonds. The third kappa shape index (κ3) is 6.57. The van der Waals surface area contributed by atoms with E-state index < -0.39 is 16.0 Å². The average molecular weight is 413 g/mol. The fourth-order valence-electron chi connectivity index (χ4n) is 2.74. The molecule has 1 aromatic carbocycles. The number of hydrogen-bond donors (Lipinski definition) is 1. The Morgan fingerprint density at radius 3 is 2.43 bits per heavy atom. The molecule has 2 rings (SSSR count). The normalized spacial score (nSPS) is 15.2. The van der Waals surface area contributed by atoms with Gasteiger partial charge in [0.15, 0.2) is 6.61 Å². The Bertz CT molecular complexity index is 742. The van der Waals surface area contributed by atoms with Gasteiger partial charge < -0.3 is 14.8 Å². The van der Waals surface area contributed by atoms with Gasteiger partial charge in [-0.15, -0.1) is 0 Å². The molecule has 0 unspecified atom stereocenters. The molecule has 0 bridgehead atoms. The van der Waals surface area contributed by atoms with Gasteiger partial charge in [-0.25, -0.2) is 13.2 Å². The summed E-state index contributed by atoms with van der Waals surface area (Å²) in [4.78, 5) is 23.8. The van der Waals surface area contributed by atoms with Gasteiger partial charge in [-0.2, -0.15) is 4.31 Å². The third-order valence-corrected chi connectivity index (χ3v) is 6.30. The maximum Gasteiger partial charge on any atom is 0.338 e. The number of rotatable bonds is 10. The molecule has 0 saturated carbocycles. The molecular weight excluding hydrogens is 384 g/mol. The molecule has 8 nitrogen and oxygen atoms in total. The Balaban J connectivity index is 1.82. The zero-order valence-electron chi connectivity index (χ0n) is 16.2. The molecule has 1 aliphatic heterocycles. The Morgan fingerprint density at radius 2 is 1.79 bits per heavy atom. The van der Waals surface area contributed by atoms with Crippen LogP contribution in [0.25, 0.3) is 0 Å². The van der Waals surface area contributed by atoms with E-state index in [0.717, 1.165) is 25.7 Å². The minimum atomic E-state index is -3.61. The topological polar surface area (TPSA) is 102 Å². The average Bonchev–Trinajstić information content (AvgIpc) is 2.72. The van der Waals surface area contributed by atoms with Gasteiger partial charge in [0, 0.05) is 19.6 Å². The van der Waals surface area contributed by atoms with Crippen molar-refractivity contribution in [1.29, 1.82) is 0 Å². The SMILES string of the molecule is CCCCCCNC(=O)COC(=O)c1ccc(S(=O)(=O)N2CCOCC2)cc1. The first-order valence-corrected chi connectivity index (χ1v) is 11.0. The van der Waals surface area contributed by atoms with Gasteiger partial charge in [0.05, 0.1) is 23.7 Å². The van der Waals surface area contributed by atoms with Crippen LogP contribution in [0, 0.1) is 0 Å². The van der Waals surface area contributed by atoms with Crippen molar-refractivity contribution < 1.29 is 27.5 Å². The maximum absolute atomic E-state index is 12.6. The van der Waals surface area contributed by atoms with Crippen LogP contribution in [0.2, 0.25) is 0 Å². The smallest absolute Gasteiger partial charge is 0.338 e. The van der Waals surface area contributed by atoms with E-state index in [-0.39, 0.29) is 23.0 Å². The van der Waals surface area contributed by atoms with Gasteiger partial charge in [-0.1, -0.05) is 26.2 Å². The number of amides is 1. The van der Waals surface area contributed by atoms with E-state index in [1.165, 1.54) is 28.6 Å². The van der Waals surface area contributed by atoms with E-state index in [4.69, 9.17) is 9.47 Å². The molecule has 0 atom stereocenters. The highest BCUT2D eigenvalue weighted by Crippen LogP contribution is 2.18. The zero-order valence-corrected chi connectivity index (χ0v) is 17.0. The van der Waals surface area contributed by atoms with Crippen LogP contribution in [0.5, 0.6) is 0 Å². The minimum absolute atomic E-state index is 0.107. The van der Waals surface area contributed by atoms with Crippen molar-refractivity contribution in [2.75, 3.05) is 39.5 Å². The molecule has 0 aliphatic carbocycles. The van der Waals surface area contributed by atoms with Crippen LogP contribution in [0.15, 0.2) is 29.2 Å². The number of morpholine rings is 1. The van der Waals surface area contributed by atoms with Crippen LogP contribution in [-0.2, 0) is 24.3 Å². The molecule has 1 fully saturated rings. The van der Waals surface area contributed by atoms with Crippen molar-refractivity contribution in [3.8, 4) is 0 Å². The number of esters is 1. The molecule has 1 aliphatic rings. The van der Waals surface area contributed by atoms with Crippen LogP contribution in [-0.4, -0.2) is 64.1 Å². The highest BCUT2D eigenvalue weighted by molar-refractivity contribution is 7.89. The highest BCUT2D eigenvalue weighted by atomic mass is 32.2. The van der Waals surface area contributed by atoms with E-state index in [1.807, 2.05) is 0 Å². The monoisotopic (exact) mass is 412 g/mol. The lowest BCUT2D eigenvalue weighted by atomic mass is 10.2. The molecule has 9 heteroatoms. The summed E-state index contributed by atoms with van der Waals surface area (Å²) in [6.07, 6.45) is 4.20. The highest BCUT2D eigenvalue weighted by Gasteiger charge is 2.26. The van der Waals surface area contributed by atoms with Crippen LogP contribution in [0.1, 0.15) is 43.0 Å². The summed E-state index contributed by atoms with van der Waals surface area (Å²) >= 11 is 0. The maximum atomic E-state index is 12.6. The number of benzene rings is 1. The van der Waals surface area contributed by atoms with Crippen LogP contribution < -0.4 is 5.32 Å². The van der Waals surface area contributed by atoms with Gasteiger partial charge in [-0.3, -0.25) is 4.79 Å². The standard InChI is InChI=1S/C19H28N2O6S/c1-2-3-4-5-10-20-18(22)15-27-19(23)16-6-8-17(9-7-16)28(24,25)21-11-13-26-14-12-21/h6-9H,2-5,10-15H2,1H3,(H,20,22). The number of nitrogens with zero attached hydrogens (tertiary/aromatic N) is 1. The van der Waals surface area contributed by atoms with E-state index in [9.17, 15) is 18.0 Å². The summed E-state index contributed by atoms with van der Waals surface area (Å²) in [5.41, 5.74) is 0.191. The first-order valence-electron chi connectivity index (χ1n) is 9.57. The van der Waals surface area contributed by atoms with Gasteiger partial charge in [0.25, 0.3) is 5.91 Å². The molecule has 28 heavy (non-hydrogen) atoms. The summed E-state index contributed by atoms with van der Waals surface area (Å²) < 4.78 is 36.6. The second-order valence-electron chi connectivity index (χ2n) is 6.53. The van der Waals surface area contributed by atoms with Gasteiger partial charge in [0.1, 0.15) is 0 Å². The predicted molar refractivity (Wildman–Crippen MR) is 103 cm³/mol. The number of unbranched alkanes of at least 4 members (excludes halogenated alkanes) is 3. The van der Waals surface area contributed by atoms with Crippen molar-refractivity contribution in [2.24, 2.45) is 0 Å². The summed E-state index contributed by atoms with van der Waals surface area (Å²) in [5.74, 6) is -1.02. The third-order valence-electron chi connectivity index (χ3n) is 4.38. The van der Waals surface area contributed by atoms with E-state index in [0.29, 0.717) is 32.8 Å². The Hall–Kier alpha value is -1.97. The molecule has 1 N–H and O–H groups in total. The molecule has 156 valence electrons. The Labute approximate surface area is 166 Å². The first kappa shape index (κ1) is 22.3. The molecule has 1 aromatic rings. The van der Waals surface area contributed by atoms with Crippen LogP contribution in [0.4, 0.5) is 0 Å². The molecule has 1 heterocycles. The number of sulfonamides is 1. The fraction of sp³-hybridized carbons (Fsp3) is 0.579. The Kier molecular flexibility index (Phi) is 8.88. The molecule has 0 aromatic heterocycles. The lowest BCUT2D eigenvalue weighted by Crippen LogP contribution is -2.40. The van der Waals surface area contributed by atoms with Crippen molar-refractivity contribution in [1.82, 2.24) is 9.62 Å². The number of hydrogen-bond acceptors (Lipinski definition) is 6. The lowest BCUT2D eigenvalue weighted by Gasteiger charge is -2.26. The fourth-order valence-corrected chi connectivity index (χ4v) is 4.15. The van der Waals surface area contributed by atoms with E-state index in [2.05, 4.69) is 12.2 Å². The second kappa shape index (κ2) is 11.1. The zero-order chi connectivity index (χ0) is 20.4. The summed E-state index contributed by atoms with van der Waals surface area (Å²) in [6, 6.07) is 5.51. The van der Waals surface area contributed by atoms with Crippen molar-refractivity contribution >= 4 is 21.9 Å². The van der Waals surface area contributed by atoms with Gasteiger partial charge in [-0.05, 0) is 30.7 Å². The summed E-state index contributed by atoms with van der Waals surface area (Å²) in [5, 5.41) is 2.70. The minimum Gasteiger partial charge on any atom is -0.452 e. The molecule has 0 spiro atoms. The molecular formula is C19H28N2O6S. The number of carbonyl (C=O) groups is 2. The van der Waals surface area contributed by atoms with E-state index >= 15 is 0 Å². The number of nitrogens with one attached hydrogen (secondary N) is 1. The van der Waals surface area contributed by atoms with Gasteiger partial charge >= 0.3 is 5.97 Å². The van der Waals surface area contributed by atoms with Crippen molar-refractivity contribution in [3.05, 3.63) is 29.8 Å². The largest absolute Gasteiger partial charge is 0.452 e. The van der Waals surface area contributed by atoms with Crippen LogP contribution >= 0.6 is 0 Å². The van der Waals surface area contributed by atoms with Crippen molar-refractivity contribution in [3.63, 3.8) is 0 Å². The number of ether oxygens (including phenoxy) is 2. The number of carbonyl (C=O) groups excluding carboxylic acids is 2.